The Balaban J connectivity index is 1.42. The number of carbonyl (C=O) groups is 10. The molecule has 0 fully saturated rings. The summed E-state index contributed by atoms with van der Waals surface area (Å²) in [4.78, 5) is 141. The number of rotatable bonds is 30. The van der Waals surface area contributed by atoms with Gasteiger partial charge in [-0.15, -0.1) is 11.8 Å². The Morgan fingerprint density at radius 2 is 0.713 bits per heavy atom. The van der Waals surface area contributed by atoms with Crippen molar-refractivity contribution in [2.75, 3.05) is 5.75 Å². The molecule has 0 heterocycles. The Morgan fingerprint density at radius 1 is 0.383 bits per heavy atom. The SMILES string of the molecule is CC(C)(C)OC(=O)CC[C@H](NC(=O)[C@H](CC(=O)OC(C)(C)C)NC(=O)[C@H](CC(=O)NC(c1ccccc1)(c1ccccc1)c1ccccc1)NC(=O)OC(C)(C)C)C(=O)N[C@@H](CSC(c1ccccc1)(c1ccccc1)c1ccccc1)C(=O)N[C@@H](CCC(=O)O)C(=O)O. The minimum atomic E-state index is -1.97. The average Bonchev–Trinajstić information content (AvgIpc) is 0.769. The maximum Gasteiger partial charge on any atom is 0.408 e. The zero-order valence-electron chi connectivity index (χ0n) is 54.3. The molecule has 6 aromatic carbocycles. The van der Waals surface area contributed by atoms with Gasteiger partial charge in [-0.25, -0.2) is 9.59 Å². The molecule has 22 heteroatoms. The van der Waals surface area contributed by atoms with Crippen molar-refractivity contribution in [3.63, 3.8) is 0 Å². The molecule has 0 saturated heterocycles. The molecule has 94 heavy (non-hydrogen) atoms. The average molecular weight is 1310 g/mol. The van der Waals surface area contributed by atoms with Crippen LogP contribution < -0.4 is 31.9 Å². The molecule has 0 unspecified atom stereocenters. The van der Waals surface area contributed by atoms with Crippen molar-refractivity contribution in [3.05, 3.63) is 215 Å². The van der Waals surface area contributed by atoms with Crippen LogP contribution in [0.1, 0.15) is 134 Å². The van der Waals surface area contributed by atoms with Gasteiger partial charge in [0.2, 0.25) is 29.5 Å². The van der Waals surface area contributed by atoms with E-state index in [-0.39, 0.29) is 5.75 Å². The first-order valence-electron chi connectivity index (χ1n) is 30.8. The normalized spacial score (nSPS) is 13.4. The molecular formula is C72H84N6O15S. The minimum absolute atomic E-state index is 0.325. The number of alkyl carbamates (subject to hydrolysis) is 1. The van der Waals surface area contributed by atoms with Crippen LogP contribution in [0.5, 0.6) is 0 Å². The van der Waals surface area contributed by atoms with E-state index in [1.807, 2.05) is 146 Å². The Morgan fingerprint density at radius 3 is 1.11 bits per heavy atom. The summed E-state index contributed by atoms with van der Waals surface area (Å²) in [6.45, 7) is 14.3. The van der Waals surface area contributed by atoms with Crippen LogP contribution in [0.25, 0.3) is 0 Å². The van der Waals surface area contributed by atoms with Gasteiger partial charge in [-0.1, -0.05) is 182 Å². The third-order valence-corrected chi connectivity index (χ3v) is 16.0. The summed E-state index contributed by atoms with van der Waals surface area (Å²) < 4.78 is 15.6. The van der Waals surface area contributed by atoms with Gasteiger partial charge in [0.25, 0.3) is 0 Å². The van der Waals surface area contributed by atoms with Crippen LogP contribution in [0.3, 0.4) is 0 Å². The zero-order chi connectivity index (χ0) is 68.9. The molecule has 498 valence electrons. The Hall–Kier alpha value is -9.83. The summed E-state index contributed by atoms with van der Waals surface area (Å²) >= 11 is 1.20. The minimum Gasteiger partial charge on any atom is -0.481 e. The second-order valence-electron chi connectivity index (χ2n) is 25.3. The molecule has 0 aliphatic carbocycles. The van der Waals surface area contributed by atoms with E-state index in [2.05, 4.69) is 31.9 Å². The monoisotopic (exact) mass is 1300 g/mol. The van der Waals surface area contributed by atoms with E-state index >= 15 is 14.4 Å². The second-order valence-corrected chi connectivity index (χ2v) is 26.6. The molecule has 0 aromatic heterocycles. The molecule has 6 amide bonds. The Bertz CT molecular complexity index is 3350. The van der Waals surface area contributed by atoms with Gasteiger partial charge in [-0.3, -0.25) is 38.4 Å². The third kappa shape index (κ3) is 21.6. The Labute approximate surface area is 552 Å². The quantitative estimate of drug-likeness (QED) is 0.0119. The second kappa shape index (κ2) is 33.1. The predicted molar refractivity (Wildman–Crippen MR) is 355 cm³/mol. The van der Waals surface area contributed by atoms with Crippen LogP contribution in [0, 0.1) is 0 Å². The highest BCUT2D eigenvalue weighted by Gasteiger charge is 2.43. The molecule has 5 atom stereocenters. The maximum atomic E-state index is 15.3. The molecule has 6 rings (SSSR count). The van der Waals surface area contributed by atoms with Crippen LogP contribution in [0.15, 0.2) is 182 Å². The molecule has 0 aliphatic heterocycles. The van der Waals surface area contributed by atoms with Crippen molar-refractivity contribution >= 4 is 71.3 Å². The fraction of sp³-hybridized carbons (Fsp3) is 0.361. The van der Waals surface area contributed by atoms with Crippen LogP contribution >= 0.6 is 11.8 Å². The first-order chi connectivity index (χ1) is 44.4. The van der Waals surface area contributed by atoms with Crippen LogP contribution in [0.2, 0.25) is 0 Å². The van der Waals surface area contributed by atoms with Gasteiger partial charge in [0.15, 0.2) is 0 Å². The van der Waals surface area contributed by atoms with E-state index in [0.717, 1.165) is 16.7 Å². The summed E-state index contributed by atoms with van der Waals surface area (Å²) in [6.07, 6.45) is -5.09. The largest absolute Gasteiger partial charge is 0.481 e. The summed E-state index contributed by atoms with van der Waals surface area (Å²) in [5.74, 6) is -10.4. The number of carbonyl (C=O) groups excluding carboxylic acids is 8. The van der Waals surface area contributed by atoms with Gasteiger partial charge in [0.05, 0.1) is 17.6 Å². The smallest absolute Gasteiger partial charge is 0.408 e. The van der Waals surface area contributed by atoms with E-state index in [1.54, 1.807) is 98.7 Å². The molecule has 21 nitrogen and oxygen atoms in total. The molecule has 0 radical (unpaired) electrons. The molecule has 0 bridgehead atoms. The van der Waals surface area contributed by atoms with Crippen LogP contribution in [-0.4, -0.2) is 122 Å². The molecule has 0 saturated carbocycles. The first kappa shape index (κ1) is 73.2. The lowest BCUT2D eigenvalue weighted by Crippen LogP contribution is -2.60. The van der Waals surface area contributed by atoms with Gasteiger partial charge < -0.3 is 56.3 Å². The number of benzene rings is 6. The van der Waals surface area contributed by atoms with E-state index < -0.39 is 155 Å². The number of thioether (sulfide) groups is 1. The van der Waals surface area contributed by atoms with Gasteiger partial charge in [0, 0.05) is 18.6 Å². The number of hydrogen-bond donors (Lipinski definition) is 8. The molecule has 0 aliphatic rings. The van der Waals surface area contributed by atoms with Crippen molar-refractivity contribution in [2.45, 2.75) is 158 Å². The lowest BCUT2D eigenvalue weighted by molar-refractivity contribution is -0.157. The molecule has 6 aromatic rings. The third-order valence-electron chi connectivity index (χ3n) is 14.4. The Kier molecular flexibility index (Phi) is 25.8. The van der Waals surface area contributed by atoms with Crippen molar-refractivity contribution in [1.82, 2.24) is 31.9 Å². The van der Waals surface area contributed by atoms with E-state index in [4.69, 9.17) is 14.2 Å². The number of carboxylic acid groups (broad SMARTS) is 2. The van der Waals surface area contributed by atoms with Crippen molar-refractivity contribution in [2.24, 2.45) is 0 Å². The molecule has 8 N–H and O–H groups in total. The van der Waals surface area contributed by atoms with E-state index in [0.29, 0.717) is 16.7 Å². The number of hydrogen-bond acceptors (Lipinski definition) is 14. The summed E-state index contributed by atoms with van der Waals surface area (Å²) in [5.41, 5.74) is -0.530. The molecular weight excluding hydrogens is 1220 g/mol. The number of amides is 6. The zero-order valence-corrected chi connectivity index (χ0v) is 55.1. The maximum absolute atomic E-state index is 15.3. The number of nitrogens with one attached hydrogen (secondary N) is 6. The van der Waals surface area contributed by atoms with Crippen LogP contribution in [-0.2, 0) is 67.6 Å². The highest BCUT2D eigenvalue weighted by molar-refractivity contribution is 8.00. The van der Waals surface area contributed by atoms with Gasteiger partial charge in [-0.05, 0) is 109 Å². The number of esters is 2. The lowest BCUT2D eigenvalue weighted by Gasteiger charge is -2.37. The van der Waals surface area contributed by atoms with E-state index in [1.165, 1.54) is 11.8 Å². The number of aliphatic carboxylic acids is 2. The van der Waals surface area contributed by atoms with Crippen LogP contribution in [0.4, 0.5) is 4.79 Å². The first-order valence-corrected chi connectivity index (χ1v) is 31.7. The topological polar surface area (TPSA) is 311 Å². The van der Waals surface area contributed by atoms with Crippen molar-refractivity contribution in [1.29, 1.82) is 0 Å². The fourth-order valence-corrected chi connectivity index (χ4v) is 11.9. The lowest BCUT2D eigenvalue weighted by atomic mass is 9.77. The predicted octanol–water partition coefficient (Wildman–Crippen LogP) is 8.85. The van der Waals surface area contributed by atoms with Crippen molar-refractivity contribution < 1.29 is 72.4 Å². The number of ether oxygens (including phenoxy) is 3. The highest BCUT2D eigenvalue weighted by Crippen LogP contribution is 2.49. The highest BCUT2D eigenvalue weighted by atomic mass is 32.2. The van der Waals surface area contributed by atoms with E-state index in [9.17, 15) is 43.8 Å². The summed E-state index contributed by atoms with van der Waals surface area (Å²) in [5, 5.41) is 35.6. The number of carboxylic acids is 2. The fourth-order valence-electron chi connectivity index (χ4n) is 10.3. The van der Waals surface area contributed by atoms with Gasteiger partial charge in [0.1, 0.15) is 52.6 Å². The summed E-state index contributed by atoms with van der Waals surface area (Å²) in [7, 11) is 0. The summed E-state index contributed by atoms with van der Waals surface area (Å²) in [6, 6.07) is 46.0. The van der Waals surface area contributed by atoms with Crippen molar-refractivity contribution in [3.8, 4) is 0 Å². The van der Waals surface area contributed by atoms with Gasteiger partial charge in [-0.2, -0.15) is 0 Å². The standard InChI is InChI=1S/C72H84N6O15S/c1-68(2,3)91-60(82)43-41-53(62(84)76-57(65(87)74-54(66(88)89)40-42-59(80)81)46-94-72(50-34-22-13-23-35-50,51-36-24-14-25-37-51)52-38-26-15-27-39-52)73-64(86)56(45-61(83)92-69(4,5)6)75-63(85)55(77-67(90)93-70(7,8)9)44-58(79)78-71(47-28-16-10-17-29-47,48-30-18-11-19-31-48)49-32-20-12-21-33-49/h10-39,53-57H,40-46H2,1-9H3,(H,73,86)(H,74,87)(H,75,85)(H,76,84)(H,77,90)(H,78,79)(H,80,81)(H,88,89)/t53-,54-,55-,56-,57-/m0/s1. The molecule has 0 spiro atoms. The van der Waals surface area contributed by atoms with Gasteiger partial charge >= 0.3 is 30.0 Å².